The van der Waals surface area contributed by atoms with Crippen LogP contribution >= 0.6 is 15.9 Å². The summed E-state index contributed by atoms with van der Waals surface area (Å²) in [7, 11) is 0. The van der Waals surface area contributed by atoms with E-state index in [0.717, 1.165) is 35.3 Å². The van der Waals surface area contributed by atoms with Crippen molar-refractivity contribution >= 4 is 15.9 Å². The Labute approximate surface area is 116 Å². The van der Waals surface area contributed by atoms with Crippen LogP contribution in [0.4, 0.5) is 0 Å². The molecule has 1 atom stereocenters. The Morgan fingerprint density at radius 2 is 2.28 bits per heavy atom. The smallest absolute Gasteiger partial charge is 0.173 e. The van der Waals surface area contributed by atoms with Gasteiger partial charge in [-0.3, -0.25) is 4.98 Å². The fraction of sp³-hybridized carbons (Fsp3) is 0.357. The SMILES string of the molecule is CCCNC(Cc1ccccn1)c1ccoc1Br. The molecule has 0 fully saturated rings. The van der Waals surface area contributed by atoms with Crippen LogP contribution in [0.2, 0.25) is 0 Å². The molecule has 0 aromatic carbocycles. The summed E-state index contributed by atoms with van der Waals surface area (Å²) in [4.78, 5) is 4.38. The molecule has 1 unspecified atom stereocenters. The van der Waals surface area contributed by atoms with Crippen LogP contribution in [0.3, 0.4) is 0 Å². The van der Waals surface area contributed by atoms with Crippen molar-refractivity contribution < 1.29 is 4.42 Å². The van der Waals surface area contributed by atoms with E-state index in [1.54, 1.807) is 6.26 Å². The van der Waals surface area contributed by atoms with Gasteiger partial charge in [0.25, 0.3) is 0 Å². The van der Waals surface area contributed by atoms with Gasteiger partial charge in [0.15, 0.2) is 4.67 Å². The maximum absolute atomic E-state index is 5.32. The molecule has 2 heterocycles. The fourth-order valence-electron chi connectivity index (χ4n) is 1.89. The van der Waals surface area contributed by atoms with Gasteiger partial charge < -0.3 is 9.73 Å². The van der Waals surface area contributed by atoms with Crippen molar-refractivity contribution in [1.29, 1.82) is 0 Å². The molecule has 0 aliphatic rings. The van der Waals surface area contributed by atoms with Gasteiger partial charge in [-0.25, -0.2) is 0 Å². The lowest BCUT2D eigenvalue weighted by Gasteiger charge is -2.17. The van der Waals surface area contributed by atoms with E-state index in [1.165, 1.54) is 0 Å². The number of nitrogens with zero attached hydrogens (tertiary/aromatic N) is 1. The van der Waals surface area contributed by atoms with Crippen LogP contribution in [0.5, 0.6) is 0 Å². The number of hydrogen-bond acceptors (Lipinski definition) is 3. The average Bonchev–Trinajstić information content (AvgIpc) is 2.82. The van der Waals surface area contributed by atoms with Gasteiger partial charge in [0.1, 0.15) is 0 Å². The maximum Gasteiger partial charge on any atom is 0.173 e. The lowest BCUT2D eigenvalue weighted by atomic mass is 10.0. The molecule has 2 aromatic heterocycles. The summed E-state index contributed by atoms with van der Waals surface area (Å²) in [5.74, 6) is 0. The third-order valence-corrected chi connectivity index (χ3v) is 3.45. The predicted octanol–water partition coefficient (Wildman–Crippen LogP) is 3.72. The molecule has 0 saturated carbocycles. The molecule has 0 saturated heterocycles. The first-order valence-electron chi connectivity index (χ1n) is 6.17. The second-order valence-electron chi connectivity index (χ2n) is 4.18. The summed E-state index contributed by atoms with van der Waals surface area (Å²) in [6.07, 6.45) is 5.50. The molecular formula is C14H17BrN2O. The monoisotopic (exact) mass is 308 g/mol. The molecule has 4 heteroatoms. The molecule has 2 aromatic rings. The highest BCUT2D eigenvalue weighted by Crippen LogP contribution is 2.26. The van der Waals surface area contributed by atoms with Gasteiger partial charge in [0, 0.05) is 29.9 Å². The molecule has 0 aliphatic carbocycles. The Kier molecular flexibility index (Phi) is 4.96. The third kappa shape index (κ3) is 3.43. The minimum absolute atomic E-state index is 0.230. The summed E-state index contributed by atoms with van der Waals surface area (Å²) in [5.41, 5.74) is 2.23. The normalized spacial score (nSPS) is 12.6. The highest BCUT2D eigenvalue weighted by molar-refractivity contribution is 9.10. The summed E-state index contributed by atoms with van der Waals surface area (Å²) in [6.45, 7) is 3.14. The summed E-state index contributed by atoms with van der Waals surface area (Å²) in [6, 6.07) is 8.23. The molecule has 96 valence electrons. The fourth-order valence-corrected chi connectivity index (χ4v) is 2.41. The molecule has 0 bridgehead atoms. The van der Waals surface area contributed by atoms with E-state index in [2.05, 4.69) is 39.2 Å². The minimum Gasteiger partial charge on any atom is -0.457 e. The molecule has 0 amide bonds. The maximum atomic E-state index is 5.32. The first-order chi connectivity index (χ1) is 8.81. The average molecular weight is 309 g/mol. The Morgan fingerprint density at radius 1 is 1.39 bits per heavy atom. The second kappa shape index (κ2) is 6.71. The molecule has 0 aliphatic heterocycles. The van der Waals surface area contributed by atoms with Crippen LogP contribution in [0, 0.1) is 0 Å². The van der Waals surface area contributed by atoms with E-state index in [-0.39, 0.29) is 6.04 Å². The molecule has 2 rings (SSSR count). The second-order valence-corrected chi connectivity index (χ2v) is 4.90. The van der Waals surface area contributed by atoms with Crippen LogP contribution < -0.4 is 5.32 Å². The number of furan rings is 1. The minimum atomic E-state index is 0.230. The molecule has 1 N–H and O–H groups in total. The number of nitrogens with one attached hydrogen (secondary N) is 1. The quantitative estimate of drug-likeness (QED) is 0.884. The van der Waals surface area contributed by atoms with Gasteiger partial charge in [-0.15, -0.1) is 0 Å². The Balaban J connectivity index is 2.13. The van der Waals surface area contributed by atoms with Crippen molar-refractivity contribution in [3.8, 4) is 0 Å². The van der Waals surface area contributed by atoms with Gasteiger partial charge >= 0.3 is 0 Å². The van der Waals surface area contributed by atoms with E-state index in [1.807, 2.05) is 24.4 Å². The van der Waals surface area contributed by atoms with E-state index in [0.29, 0.717) is 0 Å². The van der Waals surface area contributed by atoms with Crippen molar-refractivity contribution in [2.24, 2.45) is 0 Å². The van der Waals surface area contributed by atoms with Gasteiger partial charge in [0.05, 0.1) is 6.26 Å². The Hall–Kier alpha value is -1.13. The van der Waals surface area contributed by atoms with Gasteiger partial charge in [-0.2, -0.15) is 0 Å². The molecule has 0 radical (unpaired) electrons. The van der Waals surface area contributed by atoms with E-state index < -0.39 is 0 Å². The van der Waals surface area contributed by atoms with Crippen molar-refractivity contribution in [3.05, 3.63) is 52.7 Å². The molecule has 0 spiro atoms. The Bertz CT molecular complexity index is 470. The summed E-state index contributed by atoms with van der Waals surface area (Å²) in [5, 5.41) is 3.53. The van der Waals surface area contributed by atoms with Crippen molar-refractivity contribution in [2.45, 2.75) is 25.8 Å². The predicted molar refractivity (Wildman–Crippen MR) is 75.4 cm³/mol. The van der Waals surface area contributed by atoms with Crippen LogP contribution in [-0.2, 0) is 6.42 Å². The number of hydrogen-bond donors (Lipinski definition) is 1. The number of pyridine rings is 1. The van der Waals surface area contributed by atoms with Crippen LogP contribution in [0.15, 0.2) is 45.8 Å². The number of aromatic nitrogens is 1. The number of halogens is 1. The van der Waals surface area contributed by atoms with Crippen LogP contribution in [0.1, 0.15) is 30.6 Å². The molecule has 18 heavy (non-hydrogen) atoms. The van der Waals surface area contributed by atoms with Crippen LogP contribution in [0.25, 0.3) is 0 Å². The van der Waals surface area contributed by atoms with E-state index in [4.69, 9.17) is 4.42 Å². The van der Waals surface area contributed by atoms with Gasteiger partial charge in [-0.05, 0) is 47.1 Å². The standard InChI is InChI=1S/C14H17BrN2O/c1-2-7-17-13(12-6-9-18-14(12)15)10-11-5-3-4-8-16-11/h3-6,8-9,13,17H,2,7,10H2,1H3. The third-order valence-electron chi connectivity index (χ3n) is 2.80. The molecule has 3 nitrogen and oxygen atoms in total. The summed E-state index contributed by atoms with van der Waals surface area (Å²) >= 11 is 3.45. The summed E-state index contributed by atoms with van der Waals surface area (Å²) < 4.78 is 6.12. The lowest BCUT2D eigenvalue weighted by molar-refractivity contribution is 0.495. The van der Waals surface area contributed by atoms with E-state index >= 15 is 0 Å². The molecular weight excluding hydrogens is 292 g/mol. The Morgan fingerprint density at radius 3 is 2.89 bits per heavy atom. The van der Waals surface area contributed by atoms with Crippen molar-refractivity contribution in [2.75, 3.05) is 6.54 Å². The highest BCUT2D eigenvalue weighted by atomic mass is 79.9. The highest BCUT2D eigenvalue weighted by Gasteiger charge is 2.16. The topological polar surface area (TPSA) is 38.1 Å². The van der Waals surface area contributed by atoms with Crippen molar-refractivity contribution in [1.82, 2.24) is 10.3 Å². The lowest BCUT2D eigenvalue weighted by Crippen LogP contribution is -2.24. The zero-order valence-electron chi connectivity index (χ0n) is 10.4. The number of rotatable bonds is 6. The largest absolute Gasteiger partial charge is 0.457 e. The van der Waals surface area contributed by atoms with Crippen LogP contribution in [-0.4, -0.2) is 11.5 Å². The zero-order chi connectivity index (χ0) is 12.8. The van der Waals surface area contributed by atoms with E-state index in [9.17, 15) is 0 Å². The first-order valence-corrected chi connectivity index (χ1v) is 6.96. The van der Waals surface area contributed by atoms with Gasteiger partial charge in [0.2, 0.25) is 0 Å². The van der Waals surface area contributed by atoms with Crippen molar-refractivity contribution in [3.63, 3.8) is 0 Å². The first kappa shape index (κ1) is 13.3. The zero-order valence-corrected chi connectivity index (χ0v) is 12.0. The van der Waals surface area contributed by atoms with Gasteiger partial charge in [-0.1, -0.05) is 13.0 Å².